The lowest BCUT2D eigenvalue weighted by molar-refractivity contribution is 0.125. The molecule has 0 amide bonds. The SMILES string of the molecule is N#C[C@H]1CC(Br)=NO1. The van der Waals surface area contributed by atoms with Crippen LogP contribution in [0.2, 0.25) is 0 Å². The highest BCUT2D eigenvalue weighted by Gasteiger charge is 2.17. The van der Waals surface area contributed by atoms with Gasteiger partial charge in [0.15, 0.2) is 0 Å². The van der Waals surface area contributed by atoms with E-state index in [0.717, 1.165) is 0 Å². The van der Waals surface area contributed by atoms with Gasteiger partial charge in [0.05, 0.1) is 6.42 Å². The second kappa shape index (κ2) is 2.14. The number of nitrogens with zero attached hydrogens (tertiary/aromatic N) is 2. The minimum Gasteiger partial charge on any atom is -0.376 e. The standard InChI is InChI=1S/C4H3BrN2O/c5-4-1-3(2-6)8-7-4/h3H,1H2/t3-/m1/s1. The average Bonchev–Trinajstić information content (AvgIpc) is 2.14. The zero-order valence-electron chi connectivity index (χ0n) is 3.97. The molecule has 42 valence electrons. The van der Waals surface area contributed by atoms with Gasteiger partial charge in [-0.25, -0.2) is 0 Å². The molecular formula is C4H3BrN2O. The highest BCUT2D eigenvalue weighted by molar-refractivity contribution is 9.18. The molecule has 1 aliphatic rings. The van der Waals surface area contributed by atoms with Crippen molar-refractivity contribution in [2.24, 2.45) is 5.16 Å². The number of hydrogen-bond acceptors (Lipinski definition) is 3. The molecule has 0 aromatic heterocycles. The van der Waals surface area contributed by atoms with E-state index in [1.807, 2.05) is 6.07 Å². The summed E-state index contributed by atoms with van der Waals surface area (Å²) in [5.74, 6) is 0. The molecule has 0 aliphatic carbocycles. The lowest BCUT2D eigenvalue weighted by Crippen LogP contribution is -2.00. The van der Waals surface area contributed by atoms with Gasteiger partial charge in [-0.1, -0.05) is 5.16 Å². The summed E-state index contributed by atoms with van der Waals surface area (Å²) in [5.41, 5.74) is 0. The summed E-state index contributed by atoms with van der Waals surface area (Å²) in [4.78, 5) is 4.59. The summed E-state index contributed by atoms with van der Waals surface area (Å²) in [5, 5.41) is 11.7. The van der Waals surface area contributed by atoms with E-state index in [0.29, 0.717) is 11.0 Å². The first kappa shape index (κ1) is 5.57. The van der Waals surface area contributed by atoms with Gasteiger partial charge in [-0.05, 0) is 15.9 Å². The van der Waals surface area contributed by atoms with Crippen LogP contribution in [0, 0.1) is 11.3 Å². The first-order valence-electron chi connectivity index (χ1n) is 2.10. The van der Waals surface area contributed by atoms with Crippen LogP contribution < -0.4 is 0 Å². The Morgan fingerprint density at radius 2 is 2.75 bits per heavy atom. The molecule has 3 nitrogen and oxygen atoms in total. The van der Waals surface area contributed by atoms with Crippen molar-refractivity contribution in [2.45, 2.75) is 12.5 Å². The Hall–Kier alpha value is -0.560. The van der Waals surface area contributed by atoms with Crippen molar-refractivity contribution in [3.05, 3.63) is 0 Å². The molecule has 0 spiro atoms. The monoisotopic (exact) mass is 174 g/mol. The van der Waals surface area contributed by atoms with E-state index < -0.39 is 0 Å². The molecule has 0 N–H and O–H groups in total. The van der Waals surface area contributed by atoms with Crippen molar-refractivity contribution < 1.29 is 4.84 Å². The predicted molar refractivity (Wildman–Crippen MR) is 31.5 cm³/mol. The number of nitriles is 1. The topological polar surface area (TPSA) is 45.4 Å². The molecule has 0 saturated carbocycles. The maximum Gasteiger partial charge on any atom is 0.218 e. The van der Waals surface area contributed by atoms with Gasteiger partial charge in [0, 0.05) is 0 Å². The molecule has 1 rings (SSSR count). The molecule has 0 fully saturated rings. The van der Waals surface area contributed by atoms with Gasteiger partial charge >= 0.3 is 0 Å². The Bertz CT molecular complexity index is 160. The molecule has 0 radical (unpaired) electrons. The Morgan fingerprint density at radius 3 is 3.00 bits per heavy atom. The van der Waals surface area contributed by atoms with Crippen molar-refractivity contribution >= 4 is 20.6 Å². The third-order valence-electron chi connectivity index (χ3n) is 0.777. The van der Waals surface area contributed by atoms with Crippen molar-refractivity contribution in [2.75, 3.05) is 0 Å². The maximum atomic E-state index is 8.21. The molecule has 0 unspecified atom stereocenters. The molecule has 0 aromatic rings. The molecule has 0 aromatic carbocycles. The molecule has 4 heteroatoms. The van der Waals surface area contributed by atoms with E-state index in [9.17, 15) is 0 Å². The highest BCUT2D eigenvalue weighted by Crippen LogP contribution is 2.12. The summed E-state index contributed by atoms with van der Waals surface area (Å²) >= 11 is 3.09. The third kappa shape index (κ3) is 0.984. The zero-order valence-corrected chi connectivity index (χ0v) is 5.55. The lowest BCUT2D eigenvalue weighted by atomic mass is 10.3. The molecule has 1 aliphatic heterocycles. The van der Waals surface area contributed by atoms with E-state index in [2.05, 4.69) is 25.9 Å². The molecule has 0 saturated heterocycles. The number of rotatable bonds is 0. The number of oxime groups is 1. The first-order valence-corrected chi connectivity index (χ1v) is 2.90. The Morgan fingerprint density at radius 1 is 2.00 bits per heavy atom. The highest BCUT2D eigenvalue weighted by atomic mass is 79.9. The Labute approximate surface area is 55.1 Å². The Kier molecular flexibility index (Phi) is 1.49. The van der Waals surface area contributed by atoms with Crippen molar-refractivity contribution in [3.8, 4) is 6.07 Å². The van der Waals surface area contributed by atoms with Gasteiger partial charge in [-0.3, -0.25) is 0 Å². The molecule has 0 bridgehead atoms. The summed E-state index contributed by atoms with van der Waals surface area (Å²) in [6.45, 7) is 0. The molecule has 8 heavy (non-hydrogen) atoms. The van der Waals surface area contributed by atoms with Crippen LogP contribution in [-0.4, -0.2) is 10.7 Å². The molecule has 1 atom stereocenters. The van der Waals surface area contributed by atoms with Crippen molar-refractivity contribution in [1.82, 2.24) is 0 Å². The normalized spacial score (nSPS) is 26.0. The lowest BCUT2D eigenvalue weighted by Gasteiger charge is -1.90. The van der Waals surface area contributed by atoms with Gasteiger partial charge in [-0.2, -0.15) is 5.26 Å². The average molecular weight is 175 g/mol. The fourth-order valence-corrected chi connectivity index (χ4v) is 0.795. The molecule has 1 heterocycles. The van der Waals surface area contributed by atoms with Crippen LogP contribution >= 0.6 is 15.9 Å². The number of halogens is 1. The fourth-order valence-electron chi connectivity index (χ4n) is 0.418. The van der Waals surface area contributed by atoms with Gasteiger partial charge in [0.1, 0.15) is 10.7 Å². The maximum absolute atomic E-state index is 8.21. The summed E-state index contributed by atoms with van der Waals surface area (Å²) in [7, 11) is 0. The summed E-state index contributed by atoms with van der Waals surface area (Å²) < 4.78 is 0.712. The van der Waals surface area contributed by atoms with E-state index in [1.54, 1.807) is 0 Å². The van der Waals surface area contributed by atoms with Crippen molar-refractivity contribution in [1.29, 1.82) is 5.26 Å². The second-order valence-corrected chi connectivity index (χ2v) is 2.31. The minimum absolute atomic E-state index is 0.371. The van der Waals surface area contributed by atoms with Gasteiger partial charge in [-0.15, -0.1) is 0 Å². The van der Waals surface area contributed by atoms with Crippen LogP contribution in [-0.2, 0) is 4.84 Å². The Balaban J connectivity index is 2.47. The van der Waals surface area contributed by atoms with E-state index in [-0.39, 0.29) is 6.10 Å². The quantitative estimate of drug-likeness (QED) is 0.551. The molecular weight excluding hydrogens is 172 g/mol. The fraction of sp³-hybridized carbons (Fsp3) is 0.500. The minimum atomic E-state index is -0.371. The van der Waals surface area contributed by atoms with Crippen LogP contribution in [0.4, 0.5) is 0 Å². The van der Waals surface area contributed by atoms with Crippen LogP contribution in [0.25, 0.3) is 0 Å². The van der Waals surface area contributed by atoms with E-state index in [4.69, 9.17) is 5.26 Å². The smallest absolute Gasteiger partial charge is 0.218 e. The largest absolute Gasteiger partial charge is 0.376 e. The van der Waals surface area contributed by atoms with E-state index >= 15 is 0 Å². The first-order chi connectivity index (χ1) is 3.83. The zero-order chi connectivity index (χ0) is 5.98. The van der Waals surface area contributed by atoms with Gasteiger partial charge in [0.2, 0.25) is 6.10 Å². The summed E-state index contributed by atoms with van der Waals surface area (Å²) in [6, 6.07) is 1.93. The van der Waals surface area contributed by atoms with Crippen LogP contribution in [0.1, 0.15) is 6.42 Å². The van der Waals surface area contributed by atoms with E-state index in [1.165, 1.54) is 0 Å². The second-order valence-electron chi connectivity index (χ2n) is 1.39. The van der Waals surface area contributed by atoms with Crippen molar-refractivity contribution in [3.63, 3.8) is 0 Å². The van der Waals surface area contributed by atoms with Gasteiger partial charge < -0.3 is 4.84 Å². The summed E-state index contributed by atoms with van der Waals surface area (Å²) in [6.07, 6.45) is 0.209. The number of hydrogen-bond donors (Lipinski definition) is 0. The van der Waals surface area contributed by atoms with Gasteiger partial charge in [0.25, 0.3) is 0 Å². The van der Waals surface area contributed by atoms with Crippen LogP contribution in [0.5, 0.6) is 0 Å². The van der Waals surface area contributed by atoms with Crippen LogP contribution in [0.3, 0.4) is 0 Å². The third-order valence-corrected chi connectivity index (χ3v) is 1.25. The van der Waals surface area contributed by atoms with Crippen LogP contribution in [0.15, 0.2) is 5.16 Å². The predicted octanol–water partition coefficient (Wildman–Crippen LogP) is 1.01.